The van der Waals surface area contributed by atoms with Crippen LogP contribution in [0.2, 0.25) is 0 Å². The van der Waals surface area contributed by atoms with Gasteiger partial charge in [0.15, 0.2) is 0 Å². The molecule has 0 spiro atoms. The van der Waals surface area contributed by atoms with Crippen molar-refractivity contribution in [2.75, 3.05) is 26.3 Å². The Kier molecular flexibility index (Phi) is 4.52. The van der Waals surface area contributed by atoms with E-state index in [1.165, 1.54) is 0 Å². The van der Waals surface area contributed by atoms with E-state index in [9.17, 15) is 0 Å². The van der Waals surface area contributed by atoms with E-state index in [4.69, 9.17) is 14.5 Å². The predicted molar refractivity (Wildman–Crippen MR) is 105 cm³/mol. The van der Waals surface area contributed by atoms with Gasteiger partial charge in [0.2, 0.25) is 0 Å². The number of aromatic nitrogens is 4. The molecule has 0 amide bonds. The Morgan fingerprint density at radius 1 is 1.04 bits per heavy atom. The zero-order valence-electron chi connectivity index (χ0n) is 15.4. The molecule has 1 N–H and O–H groups in total. The third-order valence-corrected chi connectivity index (χ3v) is 4.87. The standard InChI is InChI=1S/C21H21N5O2/c1-3-18(4-2-16(1)20-5-7-22-24-20)28-19-6-8-26-15-17(23-21(26)13-19)14-25-9-11-27-12-10-25/h1-8,13,15H,9-12,14H2,(H,22,24). The van der Waals surface area contributed by atoms with Gasteiger partial charge in [0.05, 0.1) is 24.6 Å². The second-order valence-corrected chi connectivity index (χ2v) is 6.85. The second-order valence-electron chi connectivity index (χ2n) is 6.85. The van der Waals surface area contributed by atoms with Gasteiger partial charge in [-0.2, -0.15) is 5.10 Å². The summed E-state index contributed by atoms with van der Waals surface area (Å²) in [6, 6.07) is 13.8. The molecule has 0 saturated carbocycles. The monoisotopic (exact) mass is 375 g/mol. The number of morpholine rings is 1. The van der Waals surface area contributed by atoms with Crippen LogP contribution >= 0.6 is 0 Å². The van der Waals surface area contributed by atoms with Gasteiger partial charge in [0, 0.05) is 44.3 Å². The molecule has 28 heavy (non-hydrogen) atoms. The first-order chi connectivity index (χ1) is 13.8. The maximum absolute atomic E-state index is 6.01. The van der Waals surface area contributed by atoms with Gasteiger partial charge in [0.25, 0.3) is 0 Å². The fourth-order valence-electron chi connectivity index (χ4n) is 3.40. The normalized spacial score (nSPS) is 15.1. The molecule has 0 atom stereocenters. The maximum Gasteiger partial charge on any atom is 0.140 e. The smallest absolute Gasteiger partial charge is 0.140 e. The number of rotatable bonds is 5. The highest BCUT2D eigenvalue weighted by atomic mass is 16.5. The molecule has 1 aromatic carbocycles. The van der Waals surface area contributed by atoms with E-state index in [0.717, 1.165) is 66.9 Å². The van der Waals surface area contributed by atoms with E-state index in [2.05, 4.69) is 21.3 Å². The molecule has 1 aliphatic heterocycles. The number of pyridine rings is 1. The first kappa shape index (κ1) is 17.0. The summed E-state index contributed by atoms with van der Waals surface area (Å²) in [7, 11) is 0. The van der Waals surface area contributed by atoms with Crippen molar-refractivity contribution in [2.45, 2.75) is 6.54 Å². The van der Waals surface area contributed by atoms with Crippen LogP contribution in [0.3, 0.4) is 0 Å². The van der Waals surface area contributed by atoms with Crippen molar-refractivity contribution in [3.8, 4) is 22.8 Å². The third kappa shape index (κ3) is 3.62. The van der Waals surface area contributed by atoms with E-state index in [1.54, 1.807) is 6.20 Å². The highest BCUT2D eigenvalue weighted by Crippen LogP contribution is 2.25. The van der Waals surface area contributed by atoms with E-state index in [-0.39, 0.29) is 0 Å². The van der Waals surface area contributed by atoms with E-state index >= 15 is 0 Å². The van der Waals surface area contributed by atoms with E-state index in [0.29, 0.717) is 0 Å². The molecule has 7 heteroatoms. The summed E-state index contributed by atoms with van der Waals surface area (Å²) in [4.78, 5) is 7.11. The van der Waals surface area contributed by atoms with Crippen LogP contribution in [0.25, 0.3) is 16.9 Å². The Morgan fingerprint density at radius 2 is 1.89 bits per heavy atom. The third-order valence-electron chi connectivity index (χ3n) is 4.87. The first-order valence-electron chi connectivity index (χ1n) is 9.39. The van der Waals surface area contributed by atoms with Crippen LogP contribution in [-0.4, -0.2) is 50.8 Å². The van der Waals surface area contributed by atoms with Gasteiger partial charge >= 0.3 is 0 Å². The number of hydrogen-bond acceptors (Lipinski definition) is 5. The van der Waals surface area contributed by atoms with Crippen LogP contribution < -0.4 is 4.74 Å². The number of nitrogens with zero attached hydrogens (tertiary/aromatic N) is 4. The summed E-state index contributed by atoms with van der Waals surface area (Å²) in [6.45, 7) is 4.35. The van der Waals surface area contributed by atoms with Gasteiger partial charge in [0.1, 0.15) is 17.1 Å². The van der Waals surface area contributed by atoms with E-state index < -0.39 is 0 Å². The van der Waals surface area contributed by atoms with Crippen LogP contribution in [-0.2, 0) is 11.3 Å². The zero-order valence-corrected chi connectivity index (χ0v) is 15.4. The van der Waals surface area contributed by atoms with Crippen LogP contribution in [0.1, 0.15) is 5.69 Å². The number of fused-ring (bicyclic) bond motifs is 1. The molecule has 3 aromatic heterocycles. The van der Waals surface area contributed by atoms with Crippen LogP contribution in [0.5, 0.6) is 11.5 Å². The average Bonchev–Trinajstić information content (AvgIpc) is 3.39. The van der Waals surface area contributed by atoms with Crippen LogP contribution in [0, 0.1) is 0 Å². The zero-order chi connectivity index (χ0) is 18.8. The Balaban J connectivity index is 1.30. The Bertz CT molecular complexity index is 1050. The quantitative estimate of drug-likeness (QED) is 0.579. The molecule has 4 heterocycles. The average molecular weight is 375 g/mol. The van der Waals surface area contributed by atoms with Crippen molar-refractivity contribution in [3.05, 3.63) is 66.7 Å². The summed E-state index contributed by atoms with van der Waals surface area (Å²) < 4.78 is 13.5. The number of benzene rings is 1. The number of hydrogen-bond donors (Lipinski definition) is 1. The largest absolute Gasteiger partial charge is 0.457 e. The lowest BCUT2D eigenvalue weighted by Crippen LogP contribution is -2.35. The molecule has 0 bridgehead atoms. The molecule has 4 aromatic rings. The Labute approximate surface area is 162 Å². The molecule has 5 rings (SSSR count). The lowest BCUT2D eigenvalue weighted by atomic mass is 10.1. The second kappa shape index (κ2) is 7.46. The van der Waals surface area contributed by atoms with Gasteiger partial charge in [-0.1, -0.05) is 0 Å². The summed E-state index contributed by atoms with van der Waals surface area (Å²) in [5, 5.41) is 6.94. The van der Waals surface area contributed by atoms with Gasteiger partial charge in [-0.3, -0.25) is 10.00 Å². The summed E-state index contributed by atoms with van der Waals surface area (Å²) in [5.41, 5.74) is 4.00. The van der Waals surface area contributed by atoms with Gasteiger partial charge < -0.3 is 13.9 Å². The summed E-state index contributed by atoms with van der Waals surface area (Å²) >= 11 is 0. The first-order valence-corrected chi connectivity index (χ1v) is 9.39. The maximum atomic E-state index is 6.01. The van der Waals surface area contributed by atoms with Crippen molar-refractivity contribution >= 4 is 5.65 Å². The number of H-pyrrole nitrogens is 1. The van der Waals surface area contributed by atoms with Crippen molar-refractivity contribution in [3.63, 3.8) is 0 Å². The van der Waals surface area contributed by atoms with Crippen molar-refractivity contribution in [2.24, 2.45) is 0 Å². The number of ether oxygens (including phenoxy) is 2. The topological polar surface area (TPSA) is 67.7 Å². The lowest BCUT2D eigenvalue weighted by Gasteiger charge is -2.25. The lowest BCUT2D eigenvalue weighted by molar-refractivity contribution is 0.0337. The number of nitrogens with one attached hydrogen (secondary N) is 1. The van der Waals surface area contributed by atoms with Gasteiger partial charge in [-0.05, 0) is 42.0 Å². The minimum atomic E-state index is 0.769. The highest BCUT2D eigenvalue weighted by molar-refractivity contribution is 5.59. The minimum Gasteiger partial charge on any atom is -0.457 e. The van der Waals surface area contributed by atoms with Gasteiger partial charge in [-0.15, -0.1) is 0 Å². The van der Waals surface area contributed by atoms with Crippen molar-refractivity contribution in [1.82, 2.24) is 24.5 Å². The molecule has 0 unspecified atom stereocenters. The van der Waals surface area contributed by atoms with Gasteiger partial charge in [-0.25, -0.2) is 4.98 Å². The molecule has 1 saturated heterocycles. The molecular formula is C21H21N5O2. The molecule has 0 aliphatic carbocycles. The van der Waals surface area contributed by atoms with Crippen molar-refractivity contribution in [1.29, 1.82) is 0 Å². The number of aromatic amines is 1. The Hall–Kier alpha value is -3.16. The molecule has 142 valence electrons. The molecular weight excluding hydrogens is 354 g/mol. The molecule has 0 radical (unpaired) electrons. The van der Waals surface area contributed by atoms with Crippen molar-refractivity contribution < 1.29 is 9.47 Å². The minimum absolute atomic E-state index is 0.769. The molecule has 7 nitrogen and oxygen atoms in total. The Morgan fingerprint density at radius 3 is 2.68 bits per heavy atom. The fraction of sp³-hybridized carbons (Fsp3) is 0.238. The fourth-order valence-corrected chi connectivity index (χ4v) is 3.40. The van der Waals surface area contributed by atoms with Crippen LogP contribution in [0.15, 0.2) is 61.1 Å². The highest BCUT2D eigenvalue weighted by Gasteiger charge is 2.13. The van der Waals surface area contributed by atoms with Crippen LogP contribution in [0.4, 0.5) is 0 Å². The van der Waals surface area contributed by atoms with E-state index in [1.807, 2.05) is 53.1 Å². The summed E-state index contributed by atoms with van der Waals surface area (Å²) in [6.07, 6.45) is 5.81. The predicted octanol–water partition coefficient (Wildman–Crippen LogP) is 3.35. The molecule has 1 aliphatic rings. The SMILES string of the molecule is c1cc(-c2ccc(Oc3ccn4cc(CN5CCOCC5)nc4c3)cc2)[nH]n1. The number of imidazole rings is 1. The molecule has 1 fully saturated rings. The summed E-state index contributed by atoms with van der Waals surface area (Å²) in [5.74, 6) is 1.55.